The molecule has 0 radical (unpaired) electrons. The number of benzene rings is 1. The number of hydrazine groups is 1. The van der Waals surface area contributed by atoms with Crippen LogP contribution in [0.1, 0.15) is 30.1 Å². The van der Waals surface area contributed by atoms with Crippen molar-refractivity contribution in [3.8, 4) is 11.3 Å². The molecule has 0 bridgehead atoms. The Morgan fingerprint density at radius 3 is 2.37 bits per heavy atom. The van der Waals surface area contributed by atoms with Gasteiger partial charge in [0.1, 0.15) is 10.8 Å². The molecule has 1 aromatic carbocycles. The lowest BCUT2D eigenvalue weighted by molar-refractivity contribution is -0.137. The number of nitrogens with one attached hydrogen (secondary N) is 2. The Bertz CT molecular complexity index is 789. The van der Waals surface area contributed by atoms with Gasteiger partial charge in [-0.25, -0.2) is 15.4 Å². The van der Waals surface area contributed by atoms with Crippen molar-refractivity contribution < 1.29 is 13.2 Å². The number of hydrogen-bond acceptors (Lipinski definition) is 5. The number of nitrogens with zero attached hydrogens (tertiary/aromatic N) is 3. The molecule has 3 rings (SSSR count). The monoisotopic (exact) mass is 399 g/mol. The Hall–Kier alpha value is -1.90. The van der Waals surface area contributed by atoms with Gasteiger partial charge in [-0.2, -0.15) is 13.2 Å². The summed E-state index contributed by atoms with van der Waals surface area (Å²) in [5.74, 6) is 1.37. The van der Waals surface area contributed by atoms with Crippen LogP contribution in [0.3, 0.4) is 0 Å². The smallest absolute Gasteiger partial charge is 0.308 e. The lowest BCUT2D eigenvalue weighted by atomic mass is 10.1. The van der Waals surface area contributed by atoms with E-state index in [2.05, 4.69) is 20.8 Å². The van der Waals surface area contributed by atoms with Crippen molar-refractivity contribution in [1.29, 1.82) is 0 Å². The molecule has 0 unspecified atom stereocenters. The molecule has 0 amide bonds. The standard InChI is InChI=1S/C18H21ClF3N5/c1-27(2)10-9-23-26-17-14(19)15(24-16(25-17)12-3-4-12)11-5-7-13(8-6-11)18(20,21)22/h5-8,12,23H,3-4,9-10H2,1-2H3,(H,24,25,26). The van der Waals surface area contributed by atoms with Gasteiger partial charge in [0.25, 0.3) is 0 Å². The summed E-state index contributed by atoms with van der Waals surface area (Å²) in [5.41, 5.74) is 6.30. The highest BCUT2D eigenvalue weighted by Crippen LogP contribution is 2.41. The second-order valence-corrected chi connectivity index (χ2v) is 7.18. The van der Waals surface area contributed by atoms with Crippen LogP contribution in [-0.2, 0) is 6.18 Å². The Kier molecular flexibility index (Phi) is 5.88. The SMILES string of the molecule is CN(C)CCNNc1nc(C2CC2)nc(-c2ccc(C(F)(F)F)cc2)c1Cl. The van der Waals surface area contributed by atoms with Gasteiger partial charge in [-0.15, -0.1) is 0 Å². The maximum Gasteiger partial charge on any atom is 0.416 e. The van der Waals surface area contributed by atoms with Crippen LogP contribution >= 0.6 is 11.6 Å². The minimum Gasteiger partial charge on any atom is -0.308 e. The van der Waals surface area contributed by atoms with Gasteiger partial charge in [0.15, 0.2) is 5.82 Å². The Labute approximate surface area is 160 Å². The topological polar surface area (TPSA) is 53.1 Å². The molecule has 1 saturated carbocycles. The van der Waals surface area contributed by atoms with E-state index in [-0.39, 0.29) is 10.9 Å². The highest BCUT2D eigenvalue weighted by Gasteiger charge is 2.31. The summed E-state index contributed by atoms with van der Waals surface area (Å²) in [6.07, 6.45) is -2.38. The van der Waals surface area contributed by atoms with Crippen molar-refractivity contribution in [3.05, 3.63) is 40.7 Å². The molecule has 9 heteroatoms. The highest BCUT2D eigenvalue weighted by atomic mass is 35.5. The maximum absolute atomic E-state index is 12.8. The zero-order chi connectivity index (χ0) is 19.6. The third-order valence-corrected chi connectivity index (χ3v) is 4.55. The van der Waals surface area contributed by atoms with Gasteiger partial charge >= 0.3 is 6.18 Å². The van der Waals surface area contributed by atoms with Gasteiger partial charge in [0.2, 0.25) is 0 Å². The van der Waals surface area contributed by atoms with Gasteiger partial charge < -0.3 is 10.3 Å². The molecule has 1 aromatic heterocycles. The Morgan fingerprint density at radius 1 is 1.15 bits per heavy atom. The van der Waals surface area contributed by atoms with Crippen molar-refractivity contribution in [1.82, 2.24) is 20.3 Å². The average Bonchev–Trinajstić information content (AvgIpc) is 3.44. The lowest BCUT2D eigenvalue weighted by Crippen LogP contribution is -2.31. The van der Waals surface area contributed by atoms with E-state index < -0.39 is 11.7 Å². The molecule has 0 saturated heterocycles. The zero-order valence-corrected chi connectivity index (χ0v) is 15.8. The molecule has 146 valence electrons. The first-order valence-corrected chi connectivity index (χ1v) is 9.02. The summed E-state index contributed by atoms with van der Waals surface area (Å²) in [4.78, 5) is 11.0. The van der Waals surface area contributed by atoms with Gasteiger partial charge in [-0.05, 0) is 39.1 Å². The third kappa shape index (κ3) is 5.09. The fraction of sp³-hybridized carbons (Fsp3) is 0.444. The van der Waals surface area contributed by atoms with Crippen molar-refractivity contribution in [3.63, 3.8) is 0 Å². The Balaban J connectivity index is 1.87. The summed E-state index contributed by atoms with van der Waals surface area (Å²) >= 11 is 6.45. The number of anilines is 1. The average molecular weight is 400 g/mol. The van der Waals surface area contributed by atoms with Crippen LogP contribution in [0.2, 0.25) is 5.02 Å². The van der Waals surface area contributed by atoms with E-state index >= 15 is 0 Å². The summed E-state index contributed by atoms with van der Waals surface area (Å²) < 4.78 is 38.4. The van der Waals surface area contributed by atoms with Crippen molar-refractivity contribution >= 4 is 17.4 Å². The molecule has 2 aromatic rings. The normalized spacial score (nSPS) is 14.6. The van der Waals surface area contributed by atoms with Gasteiger partial charge in [-0.1, -0.05) is 23.7 Å². The predicted octanol–water partition coefficient (Wildman–Crippen LogP) is 4.17. The number of aromatic nitrogens is 2. The first kappa shape index (κ1) is 19.9. The van der Waals surface area contributed by atoms with Crippen LogP contribution in [-0.4, -0.2) is 42.1 Å². The fourth-order valence-corrected chi connectivity index (χ4v) is 2.75. The first-order chi connectivity index (χ1) is 12.8. The summed E-state index contributed by atoms with van der Waals surface area (Å²) in [7, 11) is 3.93. The van der Waals surface area contributed by atoms with Crippen LogP contribution in [0.5, 0.6) is 0 Å². The van der Waals surface area contributed by atoms with Gasteiger partial charge in [-0.3, -0.25) is 0 Å². The molecular formula is C18H21ClF3N5. The van der Waals surface area contributed by atoms with E-state index in [0.717, 1.165) is 31.5 Å². The van der Waals surface area contributed by atoms with Gasteiger partial charge in [0.05, 0.1) is 11.3 Å². The van der Waals surface area contributed by atoms with E-state index in [1.807, 2.05) is 19.0 Å². The number of hydrogen-bond donors (Lipinski definition) is 2. The molecule has 27 heavy (non-hydrogen) atoms. The van der Waals surface area contributed by atoms with Crippen LogP contribution in [0.25, 0.3) is 11.3 Å². The minimum atomic E-state index is -4.38. The molecular weight excluding hydrogens is 379 g/mol. The molecule has 1 fully saturated rings. The van der Waals surface area contributed by atoms with Crippen LogP contribution in [0.15, 0.2) is 24.3 Å². The Morgan fingerprint density at radius 2 is 1.81 bits per heavy atom. The van der Waals surface area contributed by atoms with Crippen molar-refractivity contribution in [2.24, 2.45) is 0 Å². The van der Waals surface area contributed by atoms with E-state index in [1.54, 1.807) is 0 Å². The maximum atomic E-state index is 12.8. The molecule has 2 N–H and O–H groups in total. The van der Waals surface area contributed by atoms with E-state index in [1.165, 1.54) is 12.1 Å². The van der Waals surface area contributed by atoms with Crippen LogP contribution < -0.4 is 10.9 Å². The summed E-state index contributed by atoms with van der Waals surface area (Å²) in [5, 5.41) is 0.275. The van der Waals surface area contributed by atoms with Gasteiger partial charge in [0, 0.05) is 24.6 Å². The molecule has 0 spiro atoms. The molecule has 1 aliphatic rings. The minimum absolute atomic E-state index is 0.275. The van der Waals surface area contributed by atoms with Crippen molar-refractivity contribution in [2.75, 3.05) is 32.6 Å². The third-order valence-electron chi connectivity index (χ3n) is 4.19. The number of alkyl halides is 3. The van der Waals surface area contributed by atoms with E-state index in [9.17, 15) is 13.2 Å². The quantitative estimate of drug-likeness (QED) is 0.540. The second kappa shape index (κ2) is 8.00. The largest absolute Gasteiger partial charge is 0.416 e. The van der Waals surface area contributed by atoms with E-state index in [0.29, 0.717) is 29.4 Å². The first-order valence-electron chi connectivity index (χ1n) is 8.64. The molecule has 0 atom stereocenters. The molecule has 1 heterocycles. The predicted molar refractivity (Wildman–Crippen MR) is 99.6 cm³/mol. The van der Waals surface area contributed by atoms with Crippen molar-refractivity contribution in [2.45, 2.75) is 24.9 Å². The molecule has 1 aliphatic carbocycles. The van der Waals surface area contributed by atoms with Crippen LogP contribution in [0, 0.1) is 0 Å². The second-order valence-electron chi connectivity index (χ2n) is 6.80. The number of halogens is 4. The lowest BCUT2D eigenvalue weighted by Gasteiger charge is -2.15. The molecule has 5 nitrogen and oxygen atoms in total. The molecule has 0 aliphatic heterocycles. The number of likely N-dealkylation sites (N-methyl/N-ethyl adjacent to an activating group) is 1. The summed E-state index contributed by atoms with van der Waals surface area (Å²) in [6.45, 7) is 1.48. The highest BCUT2D eigenvalue weighted by molar-refractivity contribution is 6.35. The summed E-state index contributed by atoms with van der Waals surface area (Å²) in [6, 6.07) is 4.84. The zero-order valence-electron chi connectivity index (χ0n) is 15.1. The number of rotatable bonds is 7. The van der Waals surface area contributed by atoms with Crippen LogP contribution in [0.4, 0.5) is 19.0 Å². The van der Waals surface area contributed by atoms with E-state index in [4.69, 9.17) is 11.6 Å². The fourth-order valence-electron chi connectivity index (χ4n) is 2.51.